The topological polar surface area (TPSA) is 106 Å². The van der Waals surface area contributed by atoms with Crippen LogP contribution in [0.3, 0.4) is 0 Å². The summed E-state index contributed by atoms with van der Waals surface area (Å²) in [5.41, 5.74) is 5.71. The van der Waals surface area contributed by atoms with E-state index >= 15 is 0 Å². The number of amides is 1. The minimum absolute atomic E-state index is 0. The molecule has 1 aromatic heterocycles. The molecule has 1 aliphatic rings. The van der Waals surface area contributed by atoms with Gasteiger partial charge in [0.1, 0.15) is 10.9 Å². The van der Waals surface area contributed by atoms with Crippen LogP contribution in [0.15, 0.2) is 29.4 Å². The first-order chi connectivity index (χ1) is 10.5. The van der Waals surface area contributed by atoms with Gasteiger partial charge in [-0.25, -0.2) is 8.42 Å². The highest BCUT2D eigenvalue weighted by molar-refractivity contribution is 7.89. The van der Waals surface area contributed by atoms with Gasteiger partial charge < -0.3 is 15.4 Å². The monoisotopic (exact) mass is 400 g/mol. The molecule has 1 aromatic rings. The predicted octanol–water partition coefficient (Wildman–Crippen LogP) is -0.268. The maximum Gasteiger partial charge on any atom is 0.244 e. The van der Waals surface area contributed by atoms with Gasteiger partial charge in [0, 0.05) is 45.7 Å². The van der Waals surface area contributed by atoms with Crippen molar-refractivity contribution in [2.75, 3.05) is 39.9 Å². The third kappa shape index (κ3) is 5.27. The number of nitrogens with zero attached hydrogens (tertiary/aromatic N) is 3. The van der Waals surface area contributed by atoms with E-state index < -0.39 is 16.1 Å². The van der Waals surface area contributed by atoms with E-state index in [0.717, 1.165) is 0 Å². The van der Waals surface area contributed by atoms with E-state index in [4.69, 9.17) is 10.5 Å². The second-order valence-electron chi connectivity index (χ2n) is 4.98. The SMILES string of the molecule is COCC(N)C(=O)N1CCN(S(=O)(=O)c2cccnc2)CC1.Cl.Cl. The van der Waals surface area contributed by atoms with E-state index in [0.29, 0.717) is 13.1 Å². The largest absolute Gasteiger partial charge is 0.383 e. The molecule has 2 N–H and O–H groups in total. The normalized spacial score (nSPS) is 16.7. The molecule has 1 saturated heterocycles. The summed E-state index contributed by atoms with van der Waals surface area (Å²) in [7, 11) is -2.09. The minimum atomic E-state index is -3.56. The highest BCUT2D eigenvalue weighted by Crippen LogP contribution is 2.16. The molecule has 0 bridgehead atoms. The smallest absolute Gasteiger partial charge is 0.244 e. The van der Waals surface area contributed by atoms with Crippen molar-refractivity contribution in [3.63, 3.8) is 0 Å². The first-order valence-electron chi connectivity index (χ1n) is 6.90. The van der Waals surface area contributed by atoms with Crippen molar-refractivity contribution in [3.05, 3.63) is 24.5 Å². The Bertz CT molecular complexity index is 610. The molecule has 1 unspecified atom stereocenters. The van der Waals surface area contributed by atoms with Gasteiger partial charge in [-0.05, 0) is 12.1 Å². The van der Waals surface area contributed by atoms with Crippen molar-refractivity contribution in [2.45, 2.75) is 10.9 Å². The van der Waals surface area contributed by atoms with Crippen molar-refractivity contribution in [1.29, 1.82) is 0 Å². The Labute approximate surface area is 154 Å². The van der Waals surface area contributed by atoms with Crippen molar-refractivity contribution in [3.8, 4) is 0 Å². The Balaban J connectivity index is 0.00000264. The molecule has 0 aliphatic carbocycles. The fourth-order valence-electron chi connectivity index (χ4n) is 2.28. The number of hydrogen-bond donors (Lipinski definition) is 1. The Hall–Kier alpha value is -0.970. The number of methoxy groups -OCH3 is 1. The van der Waals surface area contributed by atoms with E-state index in [-0.39, 0.29) is 55.3 Å². The van der Waals surface area contributed by atoms with Crippen LogP contribution in [-0.2, 0) is 19.6 Å². The van der Waals surface area contributed by atoms with Crippen LogP contribution in [0.25, 0.3) is 0 Å². The number of halogens is 2. The maximum absolute atomic E-state index is 12.4. The summed E-state index contributed by atoms with van der Waals surface area (Å²) in [5, 5.41) is 0. The van der Waals surface area contributed by atoms with Crippen LogP contribution in [0.5, 0.6) is 0 Å². The van der Waals surface area contributed by atoms with Gasteiger partial charge in [-0.1, -0.05) is 0 Å². The van der Waals surface area contributed by atoms with Gasteiger partial charge >= 0.3 is 0 Å². The number of pyridine rings is 1. The number of carbonyl (C=O) groups excluding carboxylic acids is 1. The number of piperazine rings is 1. The standard InChI is InChI=1S/C13H20N4O4S.2ClH/c1-21-10-12(14)13(18)16-5-7-17(8-6-16)22(19,20)11-3-2-4-15-9-11;;/h2-4,9,12H,5-8,10,14H2,1H3;2*1H. The lowest BCUT2D eigenvalue weighted by Gasteiger charge is -2.35. The first kappa shape index (κ1) is 23.0. The molecule has 1 fully saturated rings. The Morgan fingerprint density at radius 1 is 1.33 bits per heavy atom. The van der Waals surface area contributed by atoms with Crippen molar-refractivity contribution in [2.24, 2.45) is 5.73 Å². The summed E-state index contributed by atoms with van der Waals surface area (Å²) in [5.74, 6) is -0.222. The average molecular weight is 401 g/mol. The van der Waals surface area contributed by atoms with Gasteiger partial charge in [0.2, 0.25) is 15.9 Å². The van der Waals surface area contributed by atoms with Crippen LogP contribution in [-0.4, -0.2) is 74.5 Å². The van der Waals surface area contributed by atoms with E-state index in [2.05, 4.69) is 4.98 Å². The summed E-state index contributed by atoms with van der Waals surface area (Å²) >= 11 is 0. The molecule has 2 heterocycles. The number of nitrogens with two attached hydrogens (primary N) is 1. The summed E-state index contributed by atoms with van der Waals surface area (Å²) in [6, 6.07) is 2.37. The quantitative estimate of drug-likeness (QED) is 0.728. The molecule has 8 nitrogen and oxygen atoms in total. The number of carbonyl (C=O) groups is 1. The zero-order valence-corrected chi connectivity index (χ0v) is 15.6. The average Bonchev–Trinajstić information content (AvgIpc) is 2.55. The molecule has 24 heavy (non-hydrogen) atoms. The predicted molar refractivity (Wildman–Crippen MR) is 93.9 cm³/mol. The van der Waals surface area contributed by atoms with Crippen LogP contribution >= 0.6 is 24.8 Å². The Morgan fingerprint density at radius 3 is 2.46 bits per heavy atom. The van der Waals surface area contributed by atoms with Gasteiger partial charge in [0.25, 0.3) is 0 Å². The van der Waals surface area contributed by atoms with Gasteiger partial charge in [-0.15, -0.1) is 24.8 Å². The summed E-state index contributed by atoms with van der Waals surface area (Å²) in [6.07, 6.45) is 2.84. The fourth-order valence-corrected chi connectivity index (χ4v) is 3.67. The number of rotatable bonds is 5. The molecule has 1 aliphatic heterocycles. The zero-order valence-electron chi connectivity index (χ0n) is 13.2. The number of hydrogen-bond acceptors (Lipinski definition) is 6. The highest BCUT2D eigenvalue weighted by Gasteiger charge is 2.31. The third-order valence-corrected chi connectivity index (χ3v) is 5.37. The summed E-state index contributed by atoms with van der Waals surface area (Å²) in [4.78, 5) is 17.6. The zero-order chi connectivity index (χ0) is 16.2. The van der Waals surface area contributed by atoms with E-state index in [9.17, 15) is 13.2 Å². The molecule has 0 radical (unpaired) electrons. The van der Waals surface area contributed by atoms with Crippen molar-refractivity contribution in [1.82, 2.24) is 14.2 Å². The molecular weight excluding hydrogens is 379 g/mol. The number of aromatic nitrogens is 1. The molecule has 0 spiro atoms. The fraction of sp³-hybridized carbons (Fsp3) is 0.538. The number of sulfonamides is 1. The second-order valence-corrected chi connectivity index (χ2v) is 6.92. The van der Waals surface area contributed by atoms with Crippen LogP contribution < -0.4 is 5.73 Å². The van der Waals surface area contributed by atoms with Crippen LogP contribution in [0.1, 0.15) is 0 Å². The molecule has 1 amide bonds. The van der Waals surface area contributed by atoms with Crippen LogP contribution in [0.2, 0.25) is 0 Å². The van der Waals surface area contributed by atoms with E-state index in [1.54, 1.807) is 11.0 Å². The van der Waals surface area contributed by atoms with Gasteiger partial charge in [0.05, 0.1) is 6.61 Å². The second kappa shape index (κ2) is 10.1. The highest BCUT2D eigenvalue weighted by atomic mass is 35.5. The molecular formula is C13H22Cl2N4O4S. The van der Waals surface area contributed by atoms with Gasteiger partial charge in [-0.2, -0.15) is 4.31 Å². The lowest BCUT2D eigenvalue weighted by Crippen LogP contribution is -2.55. The Kier molecular flexibility index (Phi) is 9.71. The lowest BCUT2D eigenvalue weighted by atomic mass is 10.2. The van der Waals surface area contributed by atoms with Crippen molar-refractivity contribution >= 4 is 40.7 Å². The Morgan fingerprint density at radius 2 is 1.96 bits per heavy atom. The van der Waals surface area contributed by atoms with Gasteiger partial charge in [0.15, 0.2) is 0 Å². The molecule has 11 heteroatoms. The third-order valence-electron chi connectivity index (χ3n) is 3.49. The van der Waals surface area contributed by atoms with Crippen molar-refractivity contribution < 1.29 is 17.9 Å². The lowest BCUT2D eigenvalue weighted by molar-refractivity contribution is -0.134. The maximum atomic E-state index is 12.4. The molecule has 0 aromatic carbocycles. The molecule has 1 atom stereocenters. The molecule has 0 saturated carbocycles. The minimum Gasteiger partial charge on any atom is -0.383 e. The summed E-state index contributed by atoms with van der Waals surface area (Å²) in [6.45, 7) is 1.25. The summed E-state index contributed by atoms with van der Waals surface area (Å²) < 4.78 is 31.1. The van der Waals surface area contributed by atoms with Crippen LogP contribution in [0, 0.1) is 0 Å². The van der Waals surface area contributed by atoms with Gasteiger partial charge in [-0.3, -0.25) is 9.78 Å². The molecule has 2 rings (SSSR count). The van der Waals surface area contributed by atoms with E-state index in [1.165, 1.54) is 29.9 Å². The van der Waals surface area contributed by atoms with Crippen LogP contribution in [0.4, 0.5) is 0 Å². The first-order valence-corrected chi connectivity index (χ1v) is 8.34. The van der Waals surface area contributed by atoms with E-state index in [1.807, 2.05) is 0 Å². The molecule has 138 valence electrons. The number of ether oxygens (including phenoxy) is 1.